The van der Waals surface area contributed by atoms with Gasteiger partial charge in [-0.05, 0) is 30.3 Å². The van der Waals surface area contributed by atoms with Crippen LogP contribution in [0.1, 0.15) is 0 Å². The van der Waals surface area contributed by atoms with Crippen molar-refractivity contribution < 1.29 is 14.3 Å². The second-order valence-corrected chi connectivity index (χ2v) is 7.03. The van der Waals surface area contributed by atoms with Crippen LogP contribution in [0.2, 0.25) is 0 Å². The van der Waals surface area contributed by atoms with E-state index in [9.17, 15) is 9.90 Å². The smallest absolute Gasteiger partial charge is 0.200 e. The first-order valence-electron chi connectivity index (χ1n) is 8.03. The molecule has 5 rings (SSSR count). The van der Waals surface area contributed by atoms with Crippen molar-refractivity contribution in [2.45, 2.75) is 9.79 Å². The zero-order chi connectivity index (χ0) is 17.7. The Balaban J connectivity index is 1.72. The highest BCUT2D eigenvalue weighted by molar-refractivity contribution is 7.99. The van der Waals surface area contributed by atoms with Crippen molar-refractivity contribution in [3.8, 4) is 28.4 Å². The number of aromatic hydroxyl groups is 1. The molecule has 126 valence electrons. The molecule has 3 aromatic carbocycles. The van der Waals surface area contributed by atoms with E-state index in [-0.39, 0.29) is 11.2 Å². The lowest BCUT2D eigenvalue weighted by atomic mass is 10.0. The normalized spacial score (nSPS) is 12.3. The molecule has 0 saturated carbocycles. The molecule has 0 fully saturated rings. The monoisotopic (exact) mass is 360 g/mol. The molecule has 1 aliphatic heterocycles. The number of para-hydroxylation sites is 2. The maximum Gasteiger partial charge on any atom is 0.200 e. The lowest BCUT2D eigenvalue weighted by molar-refractivity contribution is 0.456. The van der Waals surface area contributed by atoms with Gasteiger partial charge >= 0.3 is 0 Å². The molecule has 1 N–H and O–H groups in total. The predicted octanol–water partition coefficient (Wildman–Crippen LogP) is 5.42. The SMILES string of the molecule is O=c1c(-c2cccc3c2Oc2ccccc2S3)coc2cc(O)ccc12. The van der Waals surface area contributed by atoms with Crippen LogP contribution in [0.5, 0.6) is 17.2 Å². The van der Waals surface area contributed by atoms with E-state index in [1.807, 2.05) is 42.5 Å². The first-order valence-corrected chi connectivity index (χ1v) is 8.85. The fraction of sp³-hybridized carbons (Fsp3) is 0. The van der Waals surface area contributed by atoms with Gasteiger partial charge in [-0.15, -0.1) is 0 Å². The molecule has 0 bridgehead atoms. The minimum atomic E-state index is -0.160. The van der Waals surface area contributed by atoms with Gasteiger partial charge in [-0.25, -0.2) is 0 Å². The van der Waals surface area contributed by atoms with Gasteiger partial charge in [-0.1, -0.05) is 36.0 Å². The molecule has 2 heterocycles. The van der Waals surface area contributed by atoms with E-state index in [4.69, 9.17) is 9.15 Å². The molecule has 0 atom stereocenters. The van der Waals surface area contributed by atoms with Crippen molar-refractivity contribution in [3.63, 3.8) is 0 Å². The average molecular weight is 360 g/mol. The summed E-state index contributed by atoms with van der Waals surface area (Å²) in [5.74, 6) is 1.48. The molecule has 0 spiro atoms. The van der Waals surface area contributed by atoms with Gasteiger partial charge in [0.2, 0.25) is 5.43 Å². The van der Waals surface area contributed by atoms with Crippen LogP contribution in [0.25, 0.3) is 22.1 Å². The first-order chi connectivity index (χ1) is 12.7. The molecular weight excluding hydrogens is 348 g/mol. The minimum Gasteiger partial charge on any atom is -0.508 e. The van der Waals surface area contributed by atoms with Crippen LogP contribution >= 0.6 is 11.8 Å². The van der Waals surface area contributed by atoms with Crippen molar-refractivity contribution in [1.29, 1.82) is 0 Å². The topological polar surface area (TPSA) is 59.7 Å². The third-order valence-corrected chi connectivity index (χ3v) is 5.41. The number of hydrogen-bond donors (Lipinski definition) is 1. The van der Waals surface area contributed by atoms with Gasteiger partial charge in [0, 0.05) is 11.6 Å². The Labute approximate surface area is 152 Å². The summed E-state index contributed by atoms with van der Waals surface area (Å²) in [4.78, 5) is 15.0. The Morgan fingerprint density at radius 3 is 2.65 bits per heavy atom. The predicted molar refractivity (Wildman–Crippen MR) is 100 cm³/mol. The van der Waals surface area contributed by atoms with E-state index in [1.165, 1.54) is 18.4 Å². The fourth-order valence-corrected chi connectivity index (χ4v) is 4.05. The minimum absolute atomic E-state index is 0.0573. The maximum atomic E-state index is 13.0. The van der Waals surface area contributed by atoms with E-state index in [1.54, 1.807) is 17.8 Å². The number of rotatable bonds is 1. The average Bonchev–Trinajstić information content (AvgIpc) is 2.66. The summed E-state index contributed by atoms with van der Waals surface area (Å²) in [7, 11) is 0. The number of benzene rings is 3. The van der Waals surface area contributed by atoms with Crippen LogP contribution < -0.4 is 10.2 Å². The molecule has 0 radical (unpaired) electrons. The zero-order valence-electron chi connectivity index (χ0n) is 13.4. The van der Waals surface area contributed by atoms with Crippen LogP contribution in [-0.4, -0.2) is 5.11 Å². The first kappa shape index (κ1) is 15.1. The van der Waals surface area contributed by atoms with E-state index in [0.717, 1.165) is 15.5 Å². The summed E-state index contributed by atoms with van der Waals surface area (Å²) in [6.45, 7) is 0. The van der Waals surface area contributed by atoms with Crippen molar-refractivity contribution in [2.24, 2.45) is 0 Å². The Kier molecular flexibility index (Phi) is 3.30. The van der Waals surface area contributed by atoms with Crippen LogP contribution in [0.4, 0.5) is 0 Å². The molecule has 0 saturated heterocycles. The summed E-state index contributed by atoms with van der Waals surface area (Å²) < 4.78 is 11.7. The van der Waals surface area contributed by atoms with E-state index < -0.39 is 0 Å². The number of fused-ring (bicyclic) bond motifs is 3. The van der Waals surface area contributed by atoms with Crippen molar-refractivity contribution in [3.05, 3.63) is 77.2 Å². The van der Waals surface area contributed by atoms with Gasteiger partial charge in [0.25, 0.3) is 0 Å². The van der Waals surface area contributed by atoms with Gasteiger partial charge in [0.05, 0.1) is 20.7 Å². The summed E-state index contributed by atoms with van der Waals surface area (Å²) in [5.41, 5.74) is 1.31. The summed E-state index contributed by atoms with van der Waals surface area (Å²) in [6.07, 6.45) is 1.42. The molecule has 26 heavy (non-hydrogen) atoms. The highest BCUT2D eigenvalue weighted by atomic mass is 32.2. The van der Waals surface area contributed by atoms with Crippen molar-refractivity contribution in [2.75, 3.05) is 0 Å². The molecular formula is C21H12O4S. The van der Waals surface area contributed by atoms with Crippen LogP contribution in [0.3, 0.4) is 0 Å². The summed E-state index contributed by atoms with van der Waals surface area (Å²) in [6, 6.07) is 18.0. The number of hydrogen-bond acceptors (Lipinski definition) is 5. The molecule has 1 aromatic heterocycles. The molecule has 0 amide bonds. The Morgan fingerprint density at radius 1 is 0.885 bits per heavy atom. The molecule has 1 aliphatic rings. The molecule has 0 unspecified atom stereocenters. The third kappa shape index (κ3) is 2.29. The summed E-state index contributed by atoms with van der Waals surface area (Å²) in [5, 5.41) is 9.99. The quantitative estimate of drug-likeness (QED) is 0.432. The van der Waals surface area contributed by atoms with Crippen LogP contribution in [0, 0.1) is 0 Å². The van der Waals surface area contributed by atoms with Crippen LogP contribution in [-0.2, 0) is 0 Å². The van der Waals surface area contributed by atoms with Gasteiger partial charge in [-0.2, -0.15) is 0 Å². The highest BCUT2D eigenvalue weighted by Crippen LogP contribution is 2.50. The summed E-state index contributed by atoms with van der Waals surface area (Å²) >= 11 is 1.61. The maximum absolute atomic E-state index is 13.0. The van der Waals surface area contributed by atoms with E-state index in [2.05, 4.69) is 0 Å². The van der Waals surface area contributed by atoms with Crippen molar-refractivity contribution in [1.82, 2.24) is 0 Å². The van der Waals surface area contributed by atoms with Crippen molar-refractivity contribution >= 4 is 22.7 Å². The third-order valence-electron chi connectivity index (χ3n) is 4.31. The molecule has 5 heteroatoms. The number of ether oxygens (including phenoxy) is 1. The van der Waals surface area contributed by atoms with E-state index >= 15 is 0 Å². The van der Waals surface area contributed by atoms with Gasteiger partial charge in [0.15, 0.2) is 0 Å². The molecule has 4 aromatic rings. The fourth-order valence-electron chi connectivity index (χ4n) is 3.06. The van der Waals surface area contributed by atoms with Gasteiger partial charge < -0.3 is 14.3 Å². The number of phenols is 1. The largest absolute Gasteiger partial charge is 0.508 e. The lowest BCUT2D eigenvalue weighted by Crippen LogP contribution is -2.06. The Morgan fingerprint density at radius 2 is 1.73 bits per heavy atom. The van der Waals surface area contributed by atoms with Gasteiger partial charge in [-0.3, -0.25) is 4.79 Å². The zero-order valence-corrected chi connectivity index (χ0v) is 14.2. The lowest BCUT2D eigenvalue weighted by Gasteiger charge is -2.21. The number of phenolic OH excluding ortho intramolecular Hbond substituents is 1. The second-order valence-electron chi connectivity index (χ2n) is 5.94. The molecule has 0 aliphatic carbocycles. The second kappa shape index (κ2) is 5.68. The molecule has 4 nitrogen and oxygen atoms in total. The van der Waals surface area contributed by atoms with E-state index in [0.29, 0.717) is 27.8 Å². The standard InChI is InChI=1S/C21H12O4S/c22-12-8-9-14-17(10-12)24-11-15(20(14)23)13-4-3-7-19-21(13)25-16-5-1-2-6-18(16)26-19/h1-11,22H. The van der Waals surface area contributed by atoms with Gasteiger partial charge in [0.1, 0.15) is 29.1 Å². The van der Waals surface area contributed by atoms with Crippen LogP contribution in [0.15, 0.2) is 85.9 Å². The Hall–Kier alpha value is -3.18. The highest BCUT2D eigenvalue weighted by Gasteiger charge is 2.22. The Bertz CT molecular complexity index is 1230.